The Morgan fingerprint density at radius 3 is 2.43 bits per heavy atom. The van der Waals surface area contributed by atoms with Gasteiger partial charge in [0.25, 0.3) is 0 Å². The van der Waals surface area contributed by atoms with Gasteiger partial charge in [-0.1, -0.05) is 32.4 Å². The molecule has 0 spiro atoms. The van der Waals surface area contributed by atoms with Crippen LogP contribution in [0, 0.1) is 5.41 Å². The Bertz CT molecular complexity index is 705. The van der Waals surface area contributed by atoms with E-state index in [-0.39, 0.29) is 18.2 Å². The van der Waals surface area contributed by atoms with E-state index in [1.165, 1.54) is 11.3 Å². The molecule has 0 saturated carbocycles. The molecule has 0 fully saturated rings. The molecule has 2 aromatic rings. The molecule has 2 N–H and O–H groups in total. The third kappa shape index (κ3) is 5.33. The highest BCUT2D eigenvalue weighted by Crippen LogP contribution is 2.21. The molecular formula is C16H18ClN3O2S. The number of halogens is 1. The van der Waals surface area contributed by atoms with E-state index in [2.05, 4.69) is 15.6 Å². The fourth-order valence-electron chi connectivity index (χ4n) is 1.63. The van der Waals surface area contributed by atoms with Gasteiger partial charge in [0.05, 0.1) is 12.1 Å². The molecule has 2 amide bonds. The van der Waals surface area contributed by atoms with Crippen LogP contribution in [0.4, 0.5) is 10.8 Å². The van der Waals surface area contributed by atoms with Crippen molar-refractivity contribution < 1.29 is 9.59 Å². The minimum atomic E-state index is -0.488. The lowest BCUT2D eigenvalue weighted by atomic mass is 9.96. The van der Waals surface area contributed by atoms with Crippen molar-refractivity contribution in [3.8, 4) is 0 Å². The quantitative estimate of drug-likeness (QED) is 0.875. The van der Waals surface area contributed by atoms with E-state index in [0.717, 1.165) is 0 Å². The number of carbonyl (C=O) groups excluding carboxylic acids is 2. The number of hydrogen-bond donors (Lipinski definition) is 2. The van der Waals surface area contributed by atoms with E-state index in [0.29, 0.717) is 21.5 Å². The highest BCUT2D eigenvalue weighted by molar-refractivity contribution is 7.13. The largest absolute Gasteiger partial charge is 0.326 e. The lowest BCUT2D eigenvalue weighted by Crippen LogP contribution is -2.27. The first-order chi connectivity index (χ1) is 10.7. The highest BCUT2D eigenvalue weighted by atomic mass is 35.5. The van der Waals surface area contributed by atoms with Gasteiger partial charge < -0.3 is 10.6 Å². The molecule has 2 rings (SSSR count). The summed E-state index contributed by atoms with van der Waals surface area (Å²) < 4.78 is 0. The van der Waals surface area contributed by atoms with Gasteiger partial charge in [0.1, 0.15) is 0 Å². The average molecular weight is 352 g/mol. The number of anilines is 2. The molecule has 0 radical (unpaired) electrons. The van der Waals surface area contributed by atoms with Gasteiger partial charge in [0, 0.05) is 21.5 Å². The van der Waals surface area contributed by atoms with Crippen molar-refractivity contribution in [1.29, 1.82) is 0 Å². The molecule has 1 heterocycles. The maximum atomic E-state index is 12.0. The predicted molar refractivity (Wildman–Crippen MR) is 94.0 cm³/mol. The average Bonchev–Trinajstić information content (AvgIpc) is 2.87. The third-order valence-corrected chi connectivity index (χ3v) is 3.98. The first kappa shape index (κ1) is 17.4. The van der Waals surface area contributed by atoms with Crippen molar-refractivity contribution in [3.05, 3.63) is 40.4 Å². The normalized spacial score (nSPS) is 11.1. The number of aromatic nitrogens is 1. The van der Waals surface area contributed by atoms with Gasteiger partial charge >= 0.3 is 0 Å². The minimum absolute atomic E-state index is 0.107. The maximum absolute atomic E-state index is 12.0. The molecule has 1 aromatic carbocycles. The fourth-order valence-corrected chi connectivity index (χ4v) is 2.46. The number of carbonyl (C=O) groups is 2. The molecule has 0 saturated heterocycles. The van der Waals surface area contributed by atoms with Crippen LogP contribution in [0.1, 0.15) is 26.5 Å². The van der Waals surface area contributed by atoms with Crippen LogP contribution in [0.15, 0.2) is 29.6 Å². The van der Waals surface area contributed by atoms with Crippen molar-refractivity contribution in [2.24, 2.45) is 5.41 Å². The van der Waals surface area contributed by atoms with Crippen molar-refractivity contribution in [1.82, 2.24) is 4.98 Å². The van der Waals surface area contributed by atoms with E-state index >= 15 is 0 Å². The smallest absolute Gasteiger partial charge is 0.231 e. The number of amides is 2. The summed E-state index contributed by atoms with van der Waals surface area (Å²) in [5.41, 5.74) is 0.805. The molecular weight excluding hydrogens is 334 g/mol. The number of benzene rings is 1. The van der Waals surface area contributed by atoms with Gasteiger partial charge in [-0.15, -0.1) is 11.3 Å². The van der Waals surface area contributed by atoms with Gasteiger partial charge in [-0.3, -0.25) is 9.59 Å². The Morgan fingerprint density at radius 2 is 1.83 bits per heavy atom. The van der Waals surface area contributed by atoms with Crippen LogP contribution >= 0.6 is 22.9 Å². The zero-order chi connectivity index (χ0) is 17.0. The number of rotatable bonds is 4. The Hall–Kier alpha value is -1.92. The Kier molecular flexibility index (Phi) is 5.38. The van der Waals surface area contributed by atoms with Gasteiger partial charge in [0.15, 0.2) is 5.13 Å². The van der Waals surface area contributed by atoms with E-state index in [9.17, 15) is 9.59 Å². The van der Waals surface area contributed by atoms with Crippen LogP contribution < -0.4 is 10.6 Å². The van der Waals surface area contributed by atoms with Crippen molar-refractivity contribution >= 4 is 45.6 Å². The predicted octanol–water partition coefficient (Wildman–Crippen LogP) is 3.96. The number of thiazole rings is 1. The van der Waals surface area contributed by atoms with Crippen LogP contribution in [0.3, 0.4) is 0 Å². The van der Waals surface area contributed by atoms with E-state index < -0.39 is 5.41 Å². The summed E-state index contributed by atoms with van der Waals surface area (Å²) in [6.07, 6.45) is 0.143. The second kappa shape index (κ2) is 7.10. The zero-order valence-corrected chi connectivity index (χ0v) is 14.7. The SMILES string of the molecule is CC(C)(C)C(=O)Nc1nc(CC(=O)Nc2ccc(Cl)cc2)cs1. The first-order valence-corrected chi connectivity index (χ1v) is 8.31. The Balaban J connectivity index is 1.92. The van der Waals surface area contributed by atoms with Crippen LogP contribution in [-0.2, 0) is 16.0 Å². The fraction of sp³-hybridized carbons (Fsp3) is 0.312. The van der Waals surface area contributed by atoms with Crippen LogP contribution in [0.25, 0.3) is 0 Å². The number of hydrogen-bond acceptors (Lipinski definition) is 4. The van der Waals surface area contributed by atoms with Crippen LogP contribution in [0.2, 0.25) is 5.02 Å². The molecule has 0 aliphatic heterocycles. The molecule has 0 bridgehead atoms. The standard InChI is InChI=1S/C16H18ClN3O2S/c1-16(2,3)14(22)20-15-19-12(9-23-15)8-13(21)18-11-6-4-10(17)5-7-11/h4-7,9H,8H2,1-3H3,(H,18,21)(H,19,20,22). The van der Waals surface area contributed by atoms with Gasteiger partial charge in [-0.2, -0.15) is 0 Å². The molecule has 7 heteroatoms. The van der Waals surface area contributed by atoms with Gasteiger partial charge in [-0.05, 0) is 24.3 Å². The lowest BCUT2D eigenvalue weighted by molar-refractivity contribution is -0.123. The molecule has 0 aliphatic rings. The second-order valence-electron chi connectivity index (χ2n) is 6.08. The topological polar surface area (TPSA) is 71.1 Å². The summed E-state index contributed by atoms with van der Waals surface area (Å²) in [7, 11) is 0. The second-order valence-corrected chi connectivity index (χ2v) is 7.37. The minimum Gasteiger partial charge on any atom is -0.326 e. The summed E-state index contributed by atoms with van der Waals surface area (Å²) in [5, 5.41) is 8.40. The number of nitrogens with zero attached hydrogens (tertiary/aromatic N) is 1. The van der Waals surface area contributed by atoms with Gasteiger partial charge in [0.2, 0.25) is 11.8 Å². The number of nitrogens with one attached hydrogen (secondary N) is 2. The Labute approximate surface area is 144 Å². The monoisotopic (exact) mass is 351 g/mol. The van der Waals surface area contributed by atoms with Crippen LogP contribution in [-0.4, -0.2) is 16.8 Å². The van der Waals surface area contributed by atoms with Crippen molar-refractivity contribution in [2.45, 2.75) is 27.2 Å². The third-order valence-electron chi connectivity index (χ3n) is 2.92. The molecule has 23 heavy (non-hydrogen) atoms. The van der Waals surface area contributed by atoms with Crippen molar-refractivity contribution in [3.63, 3.8) is 0 Å². The summed E-state index contributed by atoms with van der Waals surface area (Å²) >= 11 is 7.10. The molecule has 0 aliphatic carbocycles. The first-order valence-electron chi connectivity index (χ1n) is 7.05. The van der Waals surface area contributed by atoms with E-state index in [4.69, 9.17) is 11.6 Å². The summed E-state index contributed by atoms with van der Waals surface area (Å²) in [4.78, 5) is 28.2. The summed E-state index contributed by atoms with van der Waals surface area (Å²) in [5.74, 6) is -0.282. The van der Waals surface area contributed by atoms with E-state index in [1.54, 1.807) is 29.6 Å². The maximum Gasteiger partial charge on any atom is 0.231 e. The zero-order valence-electron chi connectivity index (χ0n) is 13.1. The Morgan fingerprint density at radius 1 is 1.17 bits per heavy atom. The van der Waals surface area contributed by atoms with Gasteiger partial charge in [-0.25, -0.2) is 4.98 Å². The molecule has 122 valence electrons. The van der Waals surface area contributed by atoms with Crippen LogP contribution in [0.5, 0.6) is 0 Å². The molecule has 1 aromatic heterocycles. The highest BCUT2D eigenvalue weighted by Gasteiger charge is 2.22. The molecule has 5 nitrogen and oxygen atoms in total. The van der Waals surface area contributed by atoms with Crippen molar-refractivity contribution in [2.75, 3.05) is 10.6 Å². The summed E-state index contributed by atoms with van der Waals surface area (Å²) in [6, 6.07) is 6.88. The summed E-state index contributed by atoms with van der Waals surface area (Å²) in [6.45, 7) is 5.49. The molecule has 0 atom stereocenters. The molecule has 0 unspecified atom stereocenters. The van der Waals surface area contributed by atoms with E-state index in [1.807, 2.05) is 20.8 Å². The lowest BCUT2D eigenvalue weighted by Gasteiger charge is -2.15.